The summed E-state index contributed by atoms with van der Waals surface area (Å²) in [7, 11) is 0. The first-order chi connectivity index (χ1) is 12.3. The smallest absolute Gasteiger partial charge is 0.0936 e. The first-order valence-electron chi connectivity index (χ1n) is 8.66. The van der Waals surface area contributed by atoms with Crippen LogP contribution in [0.25, 0.3) is 0 Å². The Labute approximate surface area is 151 Å². The van der Waals surface area contributed by atoms with E-state index in [0.29, 0.717) is 39.6 Å². The Bertz CT molecular complexity index is 416. The second kappa shape index (κ2) is 11.6. The summed E-state index contributed by atoms with van der Waals surface area (Å²) in [6, 6.07) is 0. The Morgan fingerprint density at radius 1 is 0.640 bits per heavy atom. The van der Waals surface area contributed by atoms with Gasteiger partial charge >= 0.3 is 0 Å². The Morgan fingerprint density at radius 2 is 1.04 bits per heavy atom. The second-order valence-electron chi connectivity index (χ2n) is 5.73. The lowest BCUT2D eigenvalue weighted by molar-refractivity contribution is 0.00966. The minimum Gasteiger partial charge on any atom is -0.377 e. The van der Waals surface area contributed by atoms with Crippen molar-refractivity contribution in [1.29, 1.82) is 0 Å². The van der Waals surface area contributed by atoms with Crippen LogP contribution in [0.3, 0.4) is 0 Å². The van der Waals surface area contributed by atoms with Gasteiger partial charge in [-0.05, 0) is 12.4 Å². The van der Waals surface area contributed by atoms with Crippen LogP contribution in [-0.2, 0) is 14.2 Å². The standard InChI is InChI=1S/C18H30N4O3/c1-3-19-5-7-21(17-19)9-11-23-13-15-25-16-14-24-12-10-22-8-6-20(4-2)18-22/h3-8H,1-2,9-18H2. The van der Waals surface area contributed by atoms with Gasteiger partial charge in [0, 0.05) is 37.9 Å². The normalized spacial score (nSPS) is 16.3. The number of hydrogen-bond acceptors (Lipinski definition) is 7. The molecule has 0 saturated carbocycles. The lowest BCUT2D eigenvalue weighted by atomic mass is 10.6. The van der Waals surface area contributed by atoms with Gasteiger partial charge in [0.25, 0.3) is 0 Å². The molecule has 0 aromatic rings. The minimum absolute atomic E-state index is 0.598. The molecule has 0 aromatic carbocycles. The molecule has 2 aliphatic rings. The first kappa shape index (κ1) is 19.4. The van der Waals surface area contributed by atoms with E-state index in [0.717, 1.165) is 26.4 Å². The third-order valence-electron chi connectivity index (χ3n) is 3.89. The topological polar surface area (TPSA) is 40.7 Å². The summed E-state index contributed by atoms with van der Waals surface area (Å²) in [4.78, 5) is 8.41. The fourth-order valence-electron chi connectivity index (χ4n) is 2.40. The molecule has 7 nitrogen and oxygen atoms in total. The van der Waals surface area contributed by atoms with Crippen LogP contribution in [0.15, 0.2) is 50.4 Å². The van der Waals surface area contributed by atoms with Crippen LogP contribution < -0.4 is 0 Å². The molecule has 2 rings (SSSR count). The molecule has 0 saturated heterocycles. The van der Waals surface area contributed by atoms with Gasteiger partial charge in [-0.3, -0.25) is 0 Å². The van der Waals surface area contributed by atoms with E-state index in [1.165, 1.54) is 0 Å². The van der Waals surface area contributed by atoms with Gasteiger partial charge in [-0.1, -0.05) is 13.2 Å². The molecule has 0 amide bonds. The minimum atomic E-state index is 0.598. The molecular formula is C18H30N4O3. The number of hydrogen-bond donors (Lipinski definition) is 0. The summed E-state index contributed by atoms with van der Waals surface area (Å²) in [6.07, 6.45) is 11.7. The van der Waals surface area contributed by atoms with Crippen molar-refractivity contribution in [1.82, 2.24) is 19.6 Å². The Balaban J connectivity index is 1.30. The number of rotatable bonds is 14. The van der Waals surface area contributed by atoms with Crippen molar-refractivity contribution >= 4 is 0 Å². The molecule has 0 aliphatic carbocycles. The lowest BCUT2D eigenvalue weighted by Crippen LogP contribution is -2.26. The summed E-state index contributed by atoms with van der Waals surface area (Å²) in [5.74, 6) is 0. The average Bonchev–Trinajstić information content (AvgIpc) is 3.28. The van der Waals surface area contributed by atoms with E-state index in [-0.39, 0.29) is 0 Å². The maximum Gasteiger partial charge on any atom is 0.0936 e. The zero-order chi connectivity index (χ0) is 17.7. The zero-order valence-corrected chi connectivity index (χ0v) is 15.0. The highest BCUT2D eigenvalue weighted by Gasteiger charge is 2.09. The molecule has 25 heavy (non-hydrogen) atoms. The van der Waals surface area contributed by atoms with Crippen LogP contribution in [0.4, 0.5) is 0 Å². The van der Waals surface area contributed by atoms with Crippen molar-refractivity contribution < 1.29 is 14.2 Å². The highest BCUT2D eigenvalue weighted by Crippen LogP contribution is 2.06. The Hall–Kier alpha value is -1.96. The second-order valence-corrected chi connectivity index (χ2v) is 5.73. The van der Waals surface area contributed by atoms with E-state index in [2.05, 4.69) is 23.0 Å². The maximum absolute atomic E-state index is 5.57. The molecule has 0 bridgehead atoms. The largest absolute Gasteiger partial charge is 0.377 e. The molecule has 0 radical (unpaired) electrons. The van der Waals surface area contributed by atoms with Gasteiger partial charge in [0.05, 0.1) is 53.0 Å². The zero-order valence-electron chi connectivity index (χ0n) is 15.0. The molecule has 0 unspecified atom stereocenters. The average molecular weight is 350 g/mol. The van der Waals surface area contributed by atoms with E-state index in [1.807, 2.05) is 47.0 Å². The van der Waals surface area contributed by atoms with Gasteiger partial charge in [0.2, 0.25) is 0 Å². The van der Waals surface area contributed by atoms with Crippen LogP contribution in [0.5, 0.6) is 0 Å². The molecule has 0 fully saturated rings. The summed E-state index contributed by atoms with van der Waals surface area (Å²) in [5, 5.41) is 0. The van der Waals surface area contributed by atoms with E-state index in [9.17, 15) is 0 Å². The number of ether oxygens (including phenoxy) is 3. The molecule has 2 aliphatic heterocycles. The van der Waals surface area contributed by atoms with Gasteiger partial charge in [0.15, 0.2) is 0 Å². The summed E-state index contributed by atoms with van der Waals surface area (Å²) < 4.78 is 16.6. The highest BCUT2D eigenvalue weighted by atomic mass is 16.5. The fraction of sp³-hybridized carbons (Fsp3) is 0.556. The van der Waals surface area contributed by atoms with Crippen molar-refractivity contribution in [3.8, 4) is 0 Å². The third-order valence-corrected chi connectivity index (χ3v) is 3.89. The van der Waals surface area contributed by atoms with Gasteiger partial charge in [-0.2, -0.15) is 0 Å². The van der Waals surface area contributed by atoms with E-state index < -0.39 is 0 Å². The lowest BCUT2D eigenvalue weighted by Gasteiger charge is -2.18. The predicted molar refractivity (Wildman–Crippen MR) is 98.0 cm³/mol. The van der Waals surface area contributed by atoms with Crippen LogP contribution in [0.1, 0.15) is 0 Å². The Kier molecular flexibility index (Phi) is 8.96. The SMILES string of the molecule is C=CN1C=CN(CCOCCOCCOCCN2C=CN(C=C)C2)C1. The van der Waals surface area contributed by atoms with E-state index in [4.69, 9.17) is 14.2 Å². The van der Waals surface area contributed by atoms with Crippen molar-refractivity contribution in [2.24, 2.45) is 0 Å². The van der Waals surface area contributed by atoms with E-state index >= 15 is 0 Å². The van der Waals surface area contributed by atoms with Crippen molar-refractivity contribution in [2.45, 2.75) is 0 Å². The summed E-state index contributed by atoms with van der Waals surface area (Å²) in [6.45, 7) is 14.7. The van der Waals surface area contributed by atoms with Crippen LogP contribution in [0, 0.1) is 0 Å². The maximum atomic E-state index is 5.57. The molecule has 2 heterocycles. The number of nitrogens with zero attached hydrogens (tertiary/aromatic N) is 4. The molecule has 140 valence electrons. The van der Waals surface area contributed by atoms with Gasteiger partial charge in [-0.25, -0.2) is 0 Å². The third kappa shape index (κ3) is 7.64. The van der Waals surface area contributed by atoms with E-state index in [1.54, 1.807) is 0 Å². The molecule has 7 heteroatoms. The van der Waals surface area contributed by atoms with Crippen LogP contribution >= 0.6 is 0 Å². The molecular weight excluding hydrogens is 320 g/mol. The van der Waals surface area contributed by atoms with Crippen molar-refractivity contribution in [3.63, 3.8) is 0 Å². The predicted octanol–water partition coefficient (Wildman–Crippen LogP) is 1.42. The monoisotopic (exact) mass is 350 g/mol. The van der Waals surface area contributed by atoms with Crippen molar-refractivity contribution in [2.75, 3.05) is 66.1 Å². The molecule has 0 aromatic heterocycles. The van der Waals surface area contributed by atoms with Gasteiger partial charge < -0.3 is 33.8 Å². The quantitative estimate of drug-likeness (QED) is 0.439. The molecule has 0 atom stereocenters. The van der Waals surface area contributed by atoms with Crippen LogP contribution in [0.2, 0.25) is 0 Å². The highest BCUT2D eigenvalue weighted by molar-refractivity contribution is 4.95. The van der Waals surface area contributed by atoms with Gasteiger partial charge in [0.1, 0.15) is 0 Å². The van der Waals surface area contributed by atoms with Gasteiger partial charge in [-0.15, -0.1) is 0 Å². The summed E-state index contributed by atoms with van der Waals surface area (Å²) >= 11 is 0. The molecule has 0 N–H and O–H groups in total. The van der Waals surface area contributed by atoms with Crippen molar-refractivity contribution in [3.05, 3.63) is 50.4 Å². The summed E-state index contributed by atoms with van der Waals surface area (Å²) in [5.41, 5.74) is 0. The van der Waals surface area contributed by atoms with Crippen LogP contribution in [-0.4, -0.2) is 85.7 Å². The Morgan fingerprint density at radius 3 is 1.40 bits per heavy atom. The fourth-order valence-corrected chi connectivity index (χ4v) is 2.40. The molecule has 0 spiro atoms. The first-order valence-corrected chi connectivity index (χ1v) is 8.66.